The summed E-state index contributed by atoms with van der Waals surface area (Å²) in [6.07, 6.45) is 3.51. The molecular weight excluding hydrogens is 150 g/mol. The van der Waals surface area contributed by atoms with Crippen molar-refractivity contribution in [3.63, 3.8) is 0 Å². The van der Waals surface area contributed by atoms with Crippen molar-refractivity contribution in [2.75, 3.05) is 0 Å². The molecule has 0 radical (unpaired) electrons. The topological polar surface area (TPSA) is 32.9 Å². The molecule has 2 nitrogen and oxygen atoms in total. The van der Waals surface area contributed by atoms with Crippen LogP contribution < -0.4 is 0 Å². The standard InChI is InChI=1S/C10H15NO/c1-7-6-11-9(3)10(7)5-4-8(2)12/h6,11H,4-5H2,1-3H3. The van der Waals surface area contributed by atoms with Gasteiger partial charge in [-0.1, -0.05) is 0 Å². The lowest BCUT2D eigenvalue weighted by atomic mass is 10.1. The monoisotopic (exact) mass is 165 g/mol. The number of hydrogen-bond donors (Lipinski definition) is 1. The number of rotatable bonds is 3. The molecule has 0 spiro atoms. The Morgan fingerprint density at radius 2 is 2.17 bits per heavy atom. The van der Waals surface area contributed by atoms with Gasteiger partial charge in [0, 0.05) is 18.3 Å². The molecular formula is C10H15NO. The second kappa shape index (κ2) is 3.57. The normalized spacial score (nSPS) is 10.2. The summed E-state index contributed by atoms with van der Waals surface area (Å²) in [5.74, 6) is 0.259. The molecule has 0 saturated carbocycles. The van der Waals surface area contributed by atoms with Gasteiger partial charge in [0.25, 0.3) is 0 Å². The molecule has 66 valence electrons. The van der Waals surface area contributed by atoms with Crippen molar-refractivity contribution in [1.82, 2.24) is 4.98 Å². The Morgan fingerprint density at radius 1 is 1.50 bits per heavy atom. The fourth-order valence-electron chi connectivity index (χ4n) is 1.37. The number of carbonyl (C=O) groups excluding carboxylic acids is 1. The Balaban J connectivity index is 2.68. The molecule has 0 bridgehead atoms. The molecule has 0 saturated heterocycles. The third kappa shape index (κ3) is 1.97. The van der Waals surface area contributed by atoms with Gasteiger partial charge in [-0.15, -0.1) is 0 Å². The van der Waals surface area contributed by atoms with Crippen LogP contribution in [-0.4, -0.2) is 10.8 Å². The van der Waals surface area contributed by atoms with E-state index in [-0.39, 0.29) is 5.78 Å². The highest BCUT2D eigenvalue weighted by molar-refractivity contribution is 5.75. The van der Waals surface area contributed by atoms with Gasteiger partial charge in [0.1, 0.15) is 5.78 Å². The first kappa shape index (κ1) is 9.04. The van der Waals surface area contributed by atoms with Gasteiger partial charge in [-0.25, -0.2) is 0 Å². The summed E-state index contributed by atoms with van der Waals surface area (Å²) in [6.45, 7) is 5.75. The number of hydrogen-bond acceptors (Lipinski definition) is 1. The van der Waals surface area contributed by atoms with Gasteiger partial charge in [-0.2, -0.15) is 0 Å². The number of aromatic amines is 1. The molecule has 1 aromatic heterocycles. The maximum absolute atomic E-state index is 10.8. The molecule has 12 heavy (non-hydrogen) atoms. The third-order valence-electron chi connectivity index (χ3n) is 2.16. The van der Waals surface area contributed by atoms with Crippen molar-refractivity contribution in [1.29, 1.82) is 0 Å². The summed E-state index contributed by atoms with van der Waals surface area (Å²) in [5.41, 5.74) is 3.74. The van der Waals surface area contributed by atoms with Crippen LogP contribution in [-0.2, 0) is 11.2 Å². The van der Waals surface area contributed by atoms with Gasteiger partial charge < -0.3 is 9.78 Å². The Hall–Kier alpha value is -1.05. The molecule has 0 fully saturated rings. The minimum Gasteiger partial charge on any atom is -0.365 e. The van der Waals surface area contributed by atoms with Crippen LogP contribution in [0.2, 0.25) is 0 Å². The molecule has 0 aliphatic rings. The van der Waals surface area contributed by atoms with E-state index in [1.165, 1.54) is 16.8 Å². The van der Waals surface area contributed by atoms with Gasteiger partial charge in [-0.3, -0.25) is 0 Å². The smallest absolute Gasteiger partial charge is 0.130 e. The van der Waals surface area contributed by atoms with Crippen LogP contribution in [0.1, 0.15) is 30.2 Å². The highest BCUT2D eigenvalue weighted by atomic mass is 16.1. The van der Waals surface area contributed by atoms with Crippen LogP contribution in [0.5, 0.6) is 0 Å². The summed E-state index contributed by atoms with van der Waals surface area (Å²) in [5, 5.41) is 0. The molecule has 1 N–H and O–H groups in total. The van der Waals surface area contributed by atoms with Crippen molar-refractivity contribution in [2.24, 2.45) is 0 Å². The van der Waals surface area contributed by atoms with Gasteiger partial charge in [0.05, 0.1) is 0 Å². The van der Waals surface area contributed by atoms with E-state index in [1.54, 1.807) is 6.92 Å². The number of Topliss-reactive ketones (excluding diaryl/α,β-unsaturated/α-hetero) is 1. The number of aryl methyl sites for hydroxylation is 2. The van der Waals surface area contributed by atoms with Crippen molar-refractivity contribution in [3.05, 3.63) is 23.0 Å². The van der Waals surface area contributed by atoms with E-state index in [9.17, 15) is 4.79 Å². The van der Waals surface area contributed by atoms with E-state index >= 15 is 0 Å². The average Bonchev–Trinajstić information content (AvgIpc) is 2.28. The molecule has 0 aliphatic heterocycles. The second-order valence-electron chi connectivity index (χ2n) is 3.28. The Morgan fingerprint density at radius 3 is 2.58 bits per heavy atom. The average molecular weight is 165 g/mol. The predicted octanol–water partition coefficient (Wildman–Crippen LogP) is 2.15. The molecule has 2 heteroatoms. The van der Waals surface area contributed by atoms with Crippen LogP contribution in [0.15, 0.2) is 6.20 Å². The van der Waals surface area contributed by atoms with Crippen LogP contribution in [0.25, 0.3) is 0 Å². The number of H-pyrrole nitrogens is 1. The van der Waals surface area contributed by atoms with Crippen LogP contribution >= 0.6 is 0 Å². The summed E-state index contributed by atoms with van der Waals surface area (Å²) in [6, 6.07) is 0. The molecule has 0 unspecified atom stereocenters. The van der Waals surface area contributed by atoms with Crippen molar-refractivity contribution >= 4 is 5.78 Å². The molecule has 1 aromatic rings. The number of carbonyl (C=O) groups is 1. The van der Waals surface area contributed by atoms with E-state index in [0.29, 0.717) is 6.42 Å². The Kier molecular flexibility index (Phi) is 2.69. The SMILES string of the molecule is CC(=O)CCc1c(C)c[nH]c1C. The van der Waals surface area contributed by atoms with Crippen molar-refractivity contribution in [2.45, 2.75) is 33.6 Å². The van der Waals surface area contributed by atoms with E-state index < -0.39 is 0 Å². The maximum atomic E-state index is 10.8. The highest BCUT2D eigenvalue weighted by Crippen LogP contribution is 2.14. The minimum atomic E-state index is 0.259. The number of nitrogens with one attached hydrogen (secondary N) is 1. The molecule has 1 heterocycles. The fraction of sp³-hybridized carbons (Fsp3) is 0.500. The lowest BCUT2D eigenvalue weighted by Crippen LogP contribution is -1.95. The predicted molar refractivity (Wildman–Crippen MR) is 49.3 cm³/mol. The minimum absolute atomic E-state index is 0.259. The lowest BCUT2D eigenvalue weighted by molar-refractivity contribution is -0.116. The van der Waals surface area contributed by atoms with E-state index in [4.69, 9.17) is 0 Å². The van der Waals surface area contributed by atoms with Crippen molar-refractivity contribution in [3.8, 4) is 0 Å². The Bertz CT molecular complexity index is 267. The van der Waals surface area contributed by atoms with Gasteiger partial charge in [0.2, 0.25) is 0 Å². The lowest BCUT2D eigenvalue weighted by Gasteiger charge is -1.99. The quantitative estimate of drug-likeness (QED) is 0.731. The first-order valence-electron chi connectivity index (χ1n) is 4.24. The first-order chi connectivity index (χ1) is 5.61. The maximum Gasteiger partial charge on any atom is 0.130 e. The molecule has 0 aliphatic carbocycles. The summed E-state index contributed by atoms with van der Waals surface area (Å²) in [4.78, 5) is 13.9. The van der Waals surface area contributed by atoms with Crippen LogP contribution in [0, 0.1) is 13.8 Å². The number of aromatic nitrogens is 1. The van der Waals surface area contributed by atoms with Crippen LogP contribution in [0.4, 0.5) is 0 Å². The van der Waals surface area contributed by atoms with Gasteiger partial charge in [-0.05, 0) is 38.3 Å². The van der Waals surface area contributed by atoms with E-state index in [2.05, 4.69) is 11.9 Å². The summed E-state index contributed by atoms with van der Waals surface area (Å²) >= 11 is 0. The third-order valence-corrected chi connectivity index (χ3v) is 2.16. The summed E-state index contributed by atoms with van der Waals surface area (Å²) in [7, 11) is 0. The number of ketones is 1. The molecule has 1 rings (SSSR count). The molecule has 0 amide bonds. The zero-order chi connectivity index (χ0) is 9.14. The van der Waals surface area contributed by atoms with Crippen LogP contribution in [0.3, 0.4) is 0 Å². The van der Waals surface area contributed by atoms with Crippen molar-refractivity contribution < 1.29 is 4.79 Å². The second-order valence-corrected chi connectivity index (χ2v) is 3.28. The largest absolute Gasteiger partial charge is 0.365 e. The fourth-order valence-corrected chi connectivity index (χ4v) is 1.37. The first-order valence-corrected chi connectivity index (χ1v) is 4.24. The zero-order valence-corrected chi connectivity index (χ0v) is 7.90. The molecule has 0 atom stereocenters. The van der Waals surface area contributed by atoms with Gasteiger partial charge >= 0.3 is 0 Å². The Labute approximate surface area is 73.0 Å². The molecule has 0 aromatic carbocycles. The van der Waals surface area contributed by atoms with Gasteiger partial charge in [0.15, 0.2) is 0 Å². The van der Waals surface area contributed by atoms with E-state index in [1.807, 2.05) is 13.1 Å². The highest BCUT2D eigenvalue weighted by Gasteiger charge is 2.04. The van der Waals surface area contributed by atoms with E-state index in [0.717, 1.165) is 6.42 Å². The summed E-state index contributed by atoms with van der Waals surface area (Å²) < 4.78 is 0. The zero-order valence-electron chi connectivity index (χ0n) is 7.90.